The summed E-state index contributed by atoms with van der Waals surface area (Å²) >= 11 is 3.01. The molecule has 0 fully saturated rings. The molecular weight excluding hydrogens is 340 g/mol. The molecule has 1 aliphatic carbocycles. The van der Waals surface area contributed by atoms with Crippen molar-refractivity contribution in [3.63, 3.8) is 0 Å². The van der Waals surface area contributed by atoms with E-state index in [4.69, 9.17) is 5.73 Å². The van der Waals surface area contributed by atoms with Crippen LogP contribution in [0.25, 0.3) is 0 Å². The van der Waals surface area contributed by atoms with E-state index in [-0.39, 0.29) is 5.91 Å². The fourth-order valence-corrected chi connectivity index (χ4v) is 5.11. The molecule has 1 aliphatic rings. The SMILES string of the molecule is CSc1ccccc1C(=O)Nc1sc2c(c1C(N)=O)CC[C@@H](C)C2. The van der Waals surface area contributed by atoms with Gasteiger partial charge in [0.05, 0.1) is 11.1 Å². The van der Waals surface area contributed by atoms with Gasteiger partial charge >= 0.3 is 0 Å². The Labute approximate surface area is 149 Å². The first kappa shape index (κ1) is 17.0. The molecule has 0 unspecified atom stereocenters. The lowest BCUT2D eigenvalue weighted by Crippen LogP contribution is -2.19. The molecule has 2 aromatic rings. The van der Waals surface area contributed by atoms with Gasteiger partial charge in [-0.3, -0.25) is 9.59 Å². The number of amides is 2. The van der Waals surface area contributed by atoms with Crippen molar-refractivity contribution in [2.45, 2.75) is 31.1 Å². The Morgan fingerprint density at radius 1 is 1.33 bits per heavy atom. The Morgan fingerprint density at radius 2 is 2.08 bits per heavy atom. The predicted molar refractivity (Wildman–Crippen MR) is 100 cm³/mol. The first-order valence-corrected chi connectivity index (χ1v) is 9.94. The van der Waals surface area contributed by atoms with Crippen LogP contribution in [0.15, 0.2) is 29.2 Å². The molecule has 0 saturated heterocycles. The minimum atomic E-state index is -0.462. The van der Waals surface area contributed by atoms with E-state index in [9.17, 15) is 9.59 Å². The second-order valence-corrected chi connectivity index (χ2v) is 8.03. The van der Waals surface area contributed by atoms with Crippen LogP contribution in [0.1, 0.15) is 44.5 Å². The Bertz CT molecular complexity index is 798. The molecule has 1 aromatic carbocycles. The Kier molecular flexibility index (Phi) is 4.96. The number of nitrogens with two attached hydrogens (primary N) is 1. The van der Waals surface area contributed by atoms with Crippen molar-refractivity contribution in [1.29, 1.82) is 0 Å². The molecule has 0 radical (unpaired) electrons. The van der Waals surface area contributed by atoms with Crippen LogP contribution >= 0.6 is 23.1 Å². The Balaban J connectivity index is 1.95. The molecule has 2 amide bonds. The molecule has 0 saturated carbocycles. The zero-order chi connectivity index (χ0) is 17.3. The van der Waals surface area contributed by atoms with Gasteiger partial charge < -0.3 is 11.1 Å². The number of carbonyl (C=O) groups is 2. The second-order valence-electron chi connectivity index (χ2n) is 6.07. The monoisotopic (exact) mass is 360 g/mol. The lowest BCUT2D eigenvalue weighted by Gasteiger charge is -2.18. The zero-order valence-corrected chi connectivity index (χ0v) is 15.4. The average Bonchev–Trinajstić information content (AvgIpc) is 2.91. The van der Waals surface area contributed by atoms with Crippen molar-refractivity contribution < 1.29 is 9.59 Å². The highest BCUT2D eigenvalue weighted by molar-refractivity contribution is 7.98. The zero-order valence-electron chi connectivity index (χ0n) is 13.7. The van der Waals surface area contributed by atoms with Crippen LogP contribution in [0.5, 0.6) is 0 Å². The number of thioether (sulfide) groups is 1. The minimum absolute atomic E-state index is 0.200. The van der Waals surface area contributed by atoms with E-state index in [1.165, 1.54) is 28.0 Å². The third kappa shape index (κ3) is 3.21. The summed E-state index contributed by atoms with van der Waals surface area (Å²) in [5, 5.41) is 3.51. The highest BCUT2D eigenvalue weighted by atomic mass is 32.2. The standard InChI is InChI=1S/C18H20N2O2S2/c1-10-7-8-11-14(9-10)24-18(15(11)16(19)21)20-17(22)12-5-3-4-6-13(12)23-2/h3-6,10H,7-9H2,1-2H3,(H2,19,21)(H,20,22)/t10-/m1/s1. The van der Waals surface area contributed by atoms with Crippen LogP contribution in [-0.4, -0.2) is 18.1 Å². The summed E-state index contributed by atoms with van der Waals surface area (Å²) in [4.78, 5) is 26.7. The van der Waals surface area contributed by atoms with Gasteiger partial charge in [0.1, 0.15) is 5.00 Å². The van der Waals surface area contributed by atoms with Gasteiger partial charge in [-0.2, -0.15) is 0 Å². The van der Waals surface area contributed by atoms with Crippen LogP contribution in [0.4, 0.5) is 5.00 Å². The van der Waals surface area contributed by atoms with Gasteiger partial charge in [0.2, 0.25) is 0 Å². The Hall–Kier alpha value is -1.79. The number of thiophene rings is 1. The fraction of sp³-hybridized carbons (Fsp3) is 0.333. The average molecular weight is 361 g/mol. The van der Waals surface area contributed by atoms with E-state index in [0.29, 0.717) is 22.0 Å². The van der Waals surface area contributed by atoms with Gasteiger partial charge in [-0.1, -0.05) is 19.1 Å². The van der Waals surface area contributed by atoms with Crippen molar-refractivity contribution in [2.75, 3.05) is 11.6 Å². The molecule has 24 heavy (non-hydrogen) atoms. The number of hydrogen-bond acceptors (Lipinski definition) is 4. The molecular formula is C18H20N2O2S2. The molecule has 3 N–H and O–H groups in total. The van der Waals surface area contributed by atoms with Gasteiger partial charge in [-0.15, -0.1) is 23.1 Å². The number of rotatable bonds is 4. The predicted octanol–water partition coefficient (Wildman–Crippen LogP) is 3.95. The van der Waals surface area contributed by atoms with Gasteiger partial charge in [0, 0.05) is 9.77 Å². The van der Waals surface area contributed by atoms with Crippen LogP contribution < -0.4 is 11.1 Å². The third-order valence-corrected chi connectivity index (χ3v) is 6.30. The van der Waals surface area contributed by atoms with E-state index in [0.717, 1.165) is 29.7 Å². The van der Waals surface area contributed by atoms with Crippen LogP contribution in [0.2, 0.25) is 0 Å². The number of nitrogens with one attached hydrogen (secondary N) is 1. The van der Waals surface area contributed by atoms with E-state index >= 15 is 0 Å². The van der Waals surface area contributed by atoms with Gasteiger partial charge in [-0.05, 0) is 49.1 Å². The van der Waals surface area contributed by atoms with Crippen molar-refractivity contribution >= 4 is 39.9 Å². The molecule has 6 heteroatoms. The molecule has 4 nitrogen and oxygen atoms in total. The highest BCUT2D eigenvalue weighted by Crippen LogP contribution is 2.39. The third-order valence-electron chi connectivity index (χ3n) is 4.34. The first-order valence-electron chi connectivity index (χ1n) is 7.90. The number of anilines is 1. The second kappa shape index (κ2) is 6.99. The fourth-order valence-electron chi connectivity index (χ4n) is 3.10. The van der Waals surface area contributed by atoms with Gasteiger partial charge in [0.15, 0.2) is 0 Å². The summed E-state index contributed by atoms with van der Waals surface area (Å²) in [6.07, 6.45) is 4.78. The minimum Gasteiger partial charge on any atom is -0.365 e. The van der Waals surface area contributed by atoms with Crippen LogP contribution in [0, 0.1) is 5.92 Å². The van der Waals surface area contributed by atoms with E-state index in [1.807, 2.05) is 24.5 Å². The van der Waals surface area contributed by atoms with Crippen LogP contribution in [-0.2, 0) is 12.8 Å². The normalized spacial score (nSPS) is 16.5. The lowest BCUT2D eigenvalue weighted by molar-refractivity contribution is 0.1000. The van der Waals surface area contributed by atoms with Crippen molar-refractivity contribution in [3.05, 3.63) is 45.8 Å². The number of primary amides is 1. The molecule has 1 heterocycles. The molecule has 0 spiro atoms. The number of fused-ring (bicyclic) bond motifs is 1. The highest BCUT2D eigenvalue weighted by Gasteiger charge is 2.27. The smallest absolute Gasteiger partial charge is 0.257 e. The van der Waals surface area contributed by atoms with Crippen molar-refractivity contribution in [2.24, 2.45) is 11.7 Å². The molecule has 0 aliphatic heterocycles. The Morgan fingerprint density at radius 3 is 2.79 bits per heavy atom. The van der Waals surface area contributed by atoms with E-state index in [1.54, 1.807) is 6.07 Å². The summed E-state index contributed by atoms with van der Waals surface area (Å²) < 4.78 is 0. The van der Waals surface area contributed by atoms with E-state index in [2.05, 4.69) is 12.2 Å². The number of carbonyl (C=O) groups excluding carboxylic acids is 2. The van der Waals surface area contributed by atoms with Crippen molar-refractivity contribution in [3.8, 4) is 0 Å². The summed E-state index contributed by atoms with van der Waals surface area (Å²) in [6, 6.07) is 7.45. The molecule has 126 valence electrons. The number of hydrogen-bond donors (Lipinski definition) is 2. The summed E-state index contributed by atoms with van der Waals surface area (Å²) in [6.45, 7) is 2.21. The van der Waals surface area contributed by atoms with Crippen molar-refractivity contribution in [1.82, 2.24) is 0 Å². The largest absolute Gasteiger partial charge is 0.365 e. The summed E-state index contributed by atoms with van der Waals surface area (Å²) in [5.74, 6) is -0.0674. The van der Waals surface area contributed by atoms with Gasteiger partial charge in [0.25, 0.3) is 11.8 Å². The summed E-state index contributed by atoms with van der Waals surface area (Å²) in [5.41, 5.74) is 7.74. The molecule has 0 bridgehead atoms. The maximum absolute atomic E-state index is 12.7. The summed E-state index contributed by atoms with van der Waals surface area (Å²) in [7, 11) is 0. The van der Waals surface area contributed by atoms with Crippen LogP contribution in [0.3, 0.4) is 0 Å². The quantitative estimate of drug-likeness (QED) is 0.811. The molecule has 1 atom stereocenters. The molecule has 3 rings (SSSR count). The maximum atomic E-state index is 12.7. The van der Waals surface area contributed by atoms with E-state index < -0.39 is 5.91 Å². The maximum Gasteiger partial charge on any atom is 0.257 e. The lowest BCUT2D eigenvalue weighted by atomic mass is 9.88. The topological polar surface area (TPSA) is 72.2 Å². The number of benzene rings is 1. The van der Waals surface area contributed by atoms with Gasteiger partial charge in [-0.25, -0.2) is 0 Å². The molecule has 1 aromatic heterocycles. The first-order chi connectivity index (χ1) is 11.5.